The van der Waals surface area contributed by atoms with E-state index in [0.29, 0.717) is 11.7 Å². The van der Waals surface area contributed by atoms with E-state index in [4.69, 9.17) is 15.0 Å². The van der Waals surface area contributed by atoms with Crippen molar-refractivity contribution >= 4 is 0 Å². The summed E-state index contributed by atoms with van der Waals surface area (Å²) in [6, 6.07) is 7.65. The molecule has 0 spiro atoms. The van der Waals surface area contributed by atoms with Crippen LogP contribution in [0.5, 0.6) is 5.75 Å². The maximum absolute atomic E-state index is 5.80. The van der Waals surface area contributed by atoms with Crippen LogP contribution in [0.15, 0.2) is 28.8 Å². The van der Waals surface area contributed by atoms with Crippen LogP contribution in [-0.4, -0.2) is 10.1 Å². The number of rotatable bonds is 4. The van der Waals surface area contributed by atoms with Crippen molar-refractivity contribution < 1.29 is 9.26 Å². The van der Waals surface area contributed by atoms with Crippen molar-refractivity contribution in [2.75, 3.05) is 0 Å². The van der Waals surface area contributed by atoms with E-state index in [0.717, 1.165) is 11.3 Å². The standard InChI is InChI=1S/C12H15N3O2/c1-8(13)10-4-3-5-11(6-10)16-7-12-14-9(2)15-17-12/h3-6,8H,7,13H2,1-2H3/t8-/m1/s1. The molecular weight excluding hydrogens is 218 g/mol. The van der Waals surface area contributed by atoms with Gasteiger partial charge in [0.2, 0.25) is 0 Å². The lowest BCUT2D eigenvalue weighted by Gasteiger charge is -2.08. The Kier molecular flexibility index (Phi) is 3.39. The molecule has 17 heavy (non-hydrogen) atoms. The zero-order chi connectivity index (χ0) is 12.3. The topological polar surface area (TPSA) is 74.2 Å². The lowest BCUT2D eigenvalue weighted by Crippen LogP contribution is -2.05. The maximum Gasteiger partial charge on any atom is 0.264 e. The van der Waals surface area contributed by atoms with Crippen molar-refractivity contribution in [3.8, 4) is 5.75 Å². The fourth-order valence-electron chi connectivity index (χ4n) is 1.43. The predicted molar refractivity (Wildman–Crippen MR) is 62.4 cm³/mol. The average Bonchev–Trinajstić information content (AvgIpc) is 2.73. The van der Waals surface area contributed by atoms with Crippen LogP contribution in [0, 0.1) is 6.92 Å². The van der Waals surface area contributed by atoms with Gasteiger partial charge in [-0.1, -0.05) is 17.3 Å². The monoisotopic (exact) mass is 233 g/mol. The second-order valence-corrected chi connectivity index (χ2v) is 3.89. The van der Waals surface area contributed by atoms with Crippen molar-refractivity contribution in [3.05, 3.63) is 41.5 Å². The normalized spacial score (nSPS) is 12.4. The lowest BCUT2D eigenvalue weighted by molar-refractivity contribution is 0.242. The molecule has 1 aromatic heterocycles. The summed E-state index contributed by atoms with van der Waals surface area (Å²) in [5.41, 5.74) is 6.83. The Bertz CT molecular complexity index is 494. The first-order valence-electron chi connectivity index (χ1n) is 5.42. The molecule has 1 aromatic carbocycles. The van der Waals surface area contributed by atoms with E-state index in [2.05, 4.69) is 10.1 Å². The van der Waals surface area contributed by atoms with Crippen molar-refractivity contribution in [2.24, 2.45) is 5.73 Å². The Morgan fingerprint density at radius 2 is 2.29 bits per heavy atom. The van der Waals surface area contributed by atoms with Crippen LogP contribution in [0.3, 0.4) is 0 Å². The van der Waals surface area contributed by atoms with Gasteiger partial charge < -0.3 is 15.0 Å². The molecule has 2 N–H and O–H groups in total. The molecule has 0 bridgehead atoms. The zero-order valence-electron chi connectivity index (χ0n) is 9.88. The molecule has 0 radical (unpaired) electrons. The van der Waals surface area contributed by atoms with Gasteiger partial charge in [-0.15, -0.1) is 0 Å². The molecule has 0 saturated carbocycles. The molecule has 1 atom stereocenters. The van der Waals surface area contributed by atoms with E-state index >= 15 is 0 Å². The molecule has 2 aromatic rings. The number of nitrogens with zero attached hydrogens (tertiary/aromatic N) is 2. The molecule has 1 heterocycles. The van der Waals surface area contributed by atoms with Crippen molar-refractivity contribution in [2.45, 2.75) is 26.5 Å². The smallest absolute Gasteiger partial charge is 0.264 e. The number of ether oxygens (including phenoxy) is 1. The molecule has 0 aliphatic carbocycles. The number of nitrogens with two attached hydrogens (primary N) is 1. The van der Waals surface area contributed by atoms with Gasteiger partial charge in [0, 0.05) is 6.04 Å². The summed E-state index contributed by atoms with van der Waals surface area (Å²) in [7, 11) is 0. The summed E-state index contributed by atoms with van der Waals surface area (Å²) >= 11 is 0. The van der Waals surface area contributed by atoms with Crippen molar-refractivity contribution in [1.82, 2.24) is 10.1 Å². The summed E-state index contributed by atoms with van der Waals surface area (Å²) in [6.45, 7) is 3.97. The van der Waals surface area contributed by atoms with E-state index in [1.54, 1.807) is 6.92 Å². The molecule has 0 unspecified atom stereocenters. The van der Waals surface area contributed by atoms with Gasteiger partial charge >= 0.3 is 0 Å². The Morgan fingerprint density at radius 3 is 2.94 bits per heavy atom. The highest BCUT2D eigenvalue weighted by molar-refractivity contribution is 5.30. The van der Waals surface area contributed by atoms with E-state index in [1.807, 2.05) is 31.2 Å². The molecule has 0 saturated heterocycles. The van der Waals surface area contributed by atoms with Gasteiger partial charge in [-0.05, 0) is 31.5 Å². The van der Waals surface area contributed by atoms with Gasteiger partial charge in [-0.2, -0.15) is 4.98 Å². The summed E-state index contributed by atoms with van der Waals surface area (Å²) in [6.07, 6.45) is 0. The fourth-order valence-corrected chi connectivity index (χ4v) is 1.43. The summed E-state index contributed by atoms with van der Waals surface area (Å²) in [5, 5.41) is 3.69. The molecule has 5 nitrogen and oxygen atoms in total. The third-order valence-electron chi connectivity index (χ3n) is 2.32. The van der Waals surface area contributed by atoms with Gasteiger partial charge in [0.1, 0.15) is 5.75 Å². The maximum atomic E-state index is 5.80. The van der Waals surface area contributed by atoms with Gasteiger partial charge in [0.15, 0.2) is 12.4 Å². The van der Waals surface area contributed by atoms with Crippen LogP contribution >= 0.6 is 0 Å². The second kappa shape index (κ2) is 4.97. The van der Waals surface area contributed by atoms with E-state index in [9.17, 15) is 0 Å². The van der Waals surface area contributed by atoms with E-state index in [1.165, 1.54) is 0 Å². The number of aryl methyl sites for hydroxylation is 1. The van der Waals surface area contributed by atoms with Crippen molar-refractivity contribution in [3.63, 3.8) is 0 Å². The molecule has 5 heteroatoms. The van der Waals surface area contributed by atoms with Crippen LogP contribution in [0.1, 0.15) is 30.2 Å². The Labute approximate surface area is 99.6 Å². The van der Waals surface area contributed by atoms with Gasteiger partial charge in [0.05, 0.1) is 0 Å². The number of hydrogen-bond donors (Lipinski definition) is 1. The van der Waals surface area contributed by atoms with Gasteiger partial charge in [0.25, 0.3) is 5.89 Å². The van der Waals surface area contributed by atoms with Gasteiger partial charge in [-0.25, -0.2) is 0 Å². The molecular formula is C12H15N3O2. The van der Waals surface area contributed by atoms with E-state index in [-0.39, 0.29) is 12.6 Å². The van der Waals surface area contributed by atoms with Crippen molar-refractivity contribution in [1.29, 1.82) is 0 Å². The largest absolute Gasteiger partial charge is 0.484 e. The zero-order valence-corrected chi connectivity index (χ0v) is 9.88. The van der Waals surface area contributed by atoms with Crippen LogP contribution < -0.4 is 10.5 Å². The molecule has 2 rings (SSSR count). The Balaban J connectivity index is 2.01. The summed E-state index contributed by atoms with van der Waals surface area (Å²) in [5.74, 6) is 1.82. The van der Waals surface area contributed by atoms with E-state index < -0.39 is 0 Å². The first kappa shape index (κ1) is 11.6. The molecule has 0 amide bonds. The Morgan fingerprint density at radius 1 is 1.47 bits per heavy atom. The third kappa shape index (κ3) is 3.04. The summed E-state index contributed by atoms with van der Waals surface area (Å²) in [4.78, 5) is 4.06. The highest BCUT2D eigenvalue weighted by Gasteiger charge is 2.05. The fraction of sp³-hybridized carbons (Fsp3) is 0.333. The highest BCUT2D eigenvalue weighted by Crippen LogP contribution is 2.18. The first-order chi connectivity index (χ1) is 8.15. The molecule has 0 aliphatic rings. The summed E-state index contributed by atoms with van der Waals surface area (Å²) < 4.78 is 10.5. The third-order valence-corrected chi connectivity index (χ3v) is 2.32. The minimum Gasteiger partial charge on any atom is -0.484 e. The molecule has 0 aliphatic heterocycles. The van der Waals surface area contributed by atoms with Crippen LogP contribution in [0.4, 0.5) is 0 Å². The number of aromatic nitrogens is 2. The van der Waals surface area contributed by atoms with Crippen LogP contribution in [0.2, 0.25) is 0 Å². The minimum atomic E-state index is -0.0100. The second-order valence-electron chi connectivity index (χ2n) is 3.89. The number of benzene rings is 1. The highest BCUT2D eigenvalue weighted by atomic mass is 16.5. The first-order valence-corrected chi connectivity index (χ1v) is 5.42. The average molecular weight is 233 g/mol. The molecule has 0 fully saturated rings. The molecule has 90 valence electrons. The minimum absolute atomic E-state index is 0.0100. The van der Waals surface area contributed by atoms with Gasteiger partial charge in [-0.3, -0.25) is 0 Å². The predicted octanol–water partition coefficient (Wildman–Crippen LogP) is 1.98. The Hall–Kier alpha value is -1.88. The lowest BCUT2D eigenvalue weighted by atomic mass is 10.1. The van der Waals surface area contributed by atoms with Crippen LogP contribution in [-0.2, 0) is 6.61 Å². The van der Waals surface area contributed by atoms with Crippen LogP contribution in [0.25, 0.3) is 0 Å². The number of hydrogen-bond acceptors (Lipinski definition) is 5. The quantitative estimate of drug-likeness (QED) is 0.873. The SMILES string of the molecule is Cc1noc(COc2cccc([C@@H](C)N)c2)n1.